The first-order valence-corrected chi connectivity index (χ1v) is 9.00. The maximum absolute atomic E-state index is 9.19. The van der Waals surface area contributed by atoms with Gasteiger partial charge in [0.1, 0.15) is 0 Å². The first-order chi connectivity index (χ1) is 9.79. The van der Waals surface area contributed by atoms with E-state index in [0.717, 1.165) is 12.5 Å². The highest BCUT2D eigenvalue weighted by atomic mass is 32.2. The number of benzene rings is 1. The zero-order chi connectivity index (χ0) is 15.9. The number of nitrogens with zero attached hydrogens (tertiary/aromatic N) is 1. The lowest BCUT2D eigenvalue weighted by molar-refractivity contribution is 0.301. The molecule has 1 heterocycles. The molecule has 120 valence electrons. The van der Waals surface area contributed by atoms with E-state index in [9.17, 15) is 8.42 Å². The predicted octanol–water partition coefficient (Wildman–Crippen LogP) is 1.62. The SMILES string of the molecule is CN[C@@H](C)[C@@H]1CCN(Cc2ccccc2)C1.CS(=O)(=O)O. The van der Waals surface area contributed by atoms with E-state index in [-0.39, 0.29) is 0 Å². The fourth-order valence-corrected chi connectivity index (χ4v) is 2.49. The molecule has 1 aliphatic rings. The van der Waals surface area contributed by atoms with Gasteiger partial charge in [0.15, 0.2) is 0 Å². The van der Waals surface area contributed by atoms with E-state index in [1.165, 1.54) is 25.1 Å². The van der Waals surface area contributed by atoms with Crippen LogP contribution in [0.2, 0.25) is 0 Å². The summed E-state index contributed by atoms with van der Waals surface area (Å²) in [7, 11) is -1.61. The molecule has 1 saturated heterocycles. The molecule has 1 fully saturated rings. The van der Waals surface area contributed by atoms with Gasteiger partial charge in [-0.25, -0.2) is 0 Å². The molecule has 0 unspecified atom stereocenters. The second-order valence-electron chi connectivity index (χ2n) is 5.58. The van der Waals surface area contributed by atoms with Gasteiger partial charge in [0.05, 0.1) is 6.26 Å². The molecule has 2 N–H and O–H groups in total. The Bertz CT molecular complexity index is 497. The van der Waals surface area contributed by atoms with Crippen LogP contribution in [0.5, 0.6) is 0 Å². The summed E-state index contributed by atoms with van der Waals surface area (Å²) in [5, 5.41) is 3.36. The number of hydrogen-bond donors (Lipinski definition) is 2. The molecular formula is C15H26N2O3S. The topological polar surface area (TPSA) is 69.6 Å². The Labute approximate surface area is 128 Å². The Morgan fingerprint density at radius 2 is 1.95 bits per heavy atom. The molecule has 21 heavy (non-hydrogen) atoms. The van der Waals surface area contributed by atoms with E-state index in [1.54, 1.807) is 0 Å². The first-order valence-electron chi connectivity index (χ1n) is 7.15. The Balaban J connectivity index is 0.000000383. The van der Waals surface area contributed by atoms with Gasteiger partial charge in [0.2, 0.25) is 0 Å². The number of hydrogen-bond acceptors (Lipinski definition) is 4. The summed E-state index contributed by atoms with van der Waals surface area (Å²) < 4.78 is 25.9. The maximum Gasteiger partial charge on any atom is 0.261 e. The summed E-state index contributed by atoms with van der Waals surface area (Å²) in [5.74, 6) is 0.814. The van der Waals surface area contributed by atoms with E-state index in [4.69, 9.17) is 4.55 Å². The number of likely N-dealkylation sites (tertiary alicyclic amines) is 1. The summed E-state index contributed by atoms with van der Waals surface area (Å²) >= 11 is 0. The molecule has 2 atom stereocenters. The number of rotatable bonds is 4. The highest BCUT2D eigenvalue weighted by molar-refractivity contribution is 7.85. The summed E-state index contributed by atoms with van der Waals surface area (Å²) in [6.45, 7) is 5.87. The van der Waals surface area contributed by atoms with Crippen molar-refractivity contribution >= 4 is 10.1 Å². The zero-order valence-electron chi connectivity index (χ0n) is 13.0. The Morgan fingerprint density at radius 1 is 1.38 bits per heavy atom. The van der Waals surface area contributed by atoms with Gasteiger partial charge in [-0.2, -0.15) is 8.42 Å². The molecule has 5 nitrogen and oxygen atoms in total. The van der Waals surface area contributed by atoms with Crippen molar-refractivity contribution in [2.45, 2.75) is 25.9 Å². The van der Waals surface area contributed by atoms with Crippen LogP contribution in [0, 0.1) is 5.92 Å². The van der Waals surface area contributed by atoms with Crippen molar-refractivity contribution < 1.29 is 13.0 Å². The van der Waals surface area contributed by atoms with E-state index in [1.807, 2.05) is 0 Å². The Hall–Kier alpha value is -0.950. The van der Waals surface area contributed by atoms with Gasteiger partial charge in [0.25, 0.3) is 10.1 Å². The molecule has 1 aliphatic heterocycles. The average Bonchev–Trinajstić information content (AvgIpc) is 2.85. The summed E-state index contributed by atoms with van der Waals surface area (Å²) in [6.07, 6.45) is 2.04. The minimum absolute atomic E-state index is 0.640. The zero-order valence-corrected chi connectivity index (χ0v) is 13.8. The second-order valence-corrected chi connectivity index (χ2v) is 7.05. The third-order valence-corrected chi connectivity index (χ3v) is 3.72. The van der Waals surface area contributed by atoms with Crippen molar-refractivity contribution in [1.82, 2.24) is 10.2 Å². The maximum atomic E-state index is 9.19. The van der Waals surface area contributed by atoms with Crippen LogP contribution < -0.4 is 5.32 Å². The minimum atomic E-state index is -3.67. The van der Waals surface area contributed by atoms with Crippen LogP contribution in [0.1, 0.15) is 18.9 Å². The van der Waals surface area contributed by atoms with E-state index >= 15 is 0 Å². The van der Waals surface area contributed by atoms with Crippen LogP contribution in [-0.2, 0) is 16.7 Å². The summed E-state index contributed by atoms with van der Waals surface area (Å²) in [4.78, 5) is 2.56. The Kier molecular flexibility index (Phi) is 7.31. The van der Waals surface area contributed by atoms with Gasteiger partial charge < -0.3 is 5.32 Å². The van der Waals surface area contributed by atoms with Gasteiger partial charge in [-0.1, -0.05) is 30.3 Å². The quantitative estimate of drug-likeness (QED) is 0.827. The fourth-order valence-electron chi connectivity index (χ4n) is 2.49. The average molecular weight is 314 g/mol. The molecule has 0 amide bonds. The van der Waals surface area contributed by atoms with Crippen molar-refractivity contribution in [2.24, 2.45) is 5.92 Å². The van der Waals surface area contributed by atoms with Crippen LogP contribution >= 0.6 is 0 Å². The molecule has 0 radical (unpaired) electrons. The Morgan fingerprint density at radius 3 is 2.48 bits per heavy atom. The summed E-state index contributed by atoms with van der Waals surface area (Å²) in [6, 6.07) is 11.4. The minimum Gasteiger partial charge on any atom is -0.317 e. The normalized spacial score (nSPS) is 20.7. The van der Waals surface area contributed by atoms with Crippen molar-refractivity contribution in [3.63, 3.8) is 0 Å². The summed E-state index contributed by atoms with van der Waals surface area (Å²) in [5.41, 5.74) is 1.43. The lowest BCUT2D eigenvalue weighted by atomic mass is 10.0. The molecule has 1 aromatic carbocycles. The van der Waals surface area contributed by atoms with E-state index < -0.39 is 10.1 Å². The third-order valence-electron chi connectivity index (χ3n) is 3.72. The van der Waals surface area contributed by atoms with Gasteiger partial charge >= 0.3 is 0 Å². The van der Waals surface area contributed by atoms with Gasteiger partial charge in [-0.3, -0.25) is 9.45 Å². The standard InChI is InChI=1S/C14H22N2.CH4O3S/c1-12(15-2)14-8-9-16(11-14)10-13-6-4-3-5-7-13;1-5(2,3)4/h3-7,12,14-15H,8-11H2,1-2H3;1H3,(H,2,3,4)/t12-,14+;/m0./s1. The molecule has 6 heteroatoms. The van der Waals surface area contributed by atoms with Crippen LogP contribution in [0.15, 0.2) is 30.3 Å². The molecule has 2 rings (SSSR count). The lowest BCUT2D eigenvalue weighted by Gasteiger charge is -2.20. The van der Waals surface area contributed by atoms with Crippen molar-refractivity contribution in [3.8, 4) is 0 Å². The van der Waals surface area contributed by atoms with Crippen LogP contribution in [0.4, 0.5) is 0 Å². The smallest absolute Gasteiger partial charge is 0.261 e. The first kappa shape index (κ1) is 18.1. The van der Waals surface area contributed by atoms with Crippen molar-refractivity contribution in [1.29, 1.82) is 0 Å². The highest BCUT2D eigenvalue weighted by Crippen LogP contribution is 2.21. The van der Waals surface area contributed by atoms with Crippen LogP contribution in [0.3, 0.4) is 0 Å². The third kappa shape index (κ3) is 8.16. The molecule has 0 saturated carbocycles. The van der Waals surface area contributed by atoms with Gasteiger partial charge in [0, 0.05) is 19.1 Å². The molecule has 1 aromatic rings. The predicted molar refractivity (Wildman–Crippen MR) is 85.8 cm³/mol. The molecule has 0 aromatic heterocycles. The molecule has 0 spiro atoms. The second kappa shape index (κ2) is 8.48. The molecular weight excluding hydrogens is 288 g/mol. The fraction of sp³-hybridized carbons (Fsp3) is 0.600. The molecule has 0 aliphatic carbocycles. The van der Waals surface area contributed by atoms with Crippen molar-refractivity contribution in [3.05, 3.63) is 35.9 Å². The van der Waals surface area contributed by atoms with Crippen LogP contribution in [-0.4, -0.2) is 50.3 Å². The van der Waals surface area contributed by atoms with E-state index in [2.05, 4.69) is 54.5 Å². The van der Waals surface area contributed by atoms with Crippen molar-refractivity contribution in [2.75, 3.05) is 26.4 Å². The largest absolute Gasteiger partial charge is 0.317 e. The number of nitrogens with one attached hydrogen (secondary N) is 1. The molecule has 0 bridgehead atoms. The highest BCUT2D eigenvalue weighted by Gasteiger charge is 2.25. The monoisotopic (exact) mass is 314 g/mol. The van der Waals surface area contributed by atoms with Gasteiger partial charge in [-0.05, 0) is 38.4 Å². The van der Waals surface area contributed by atoms with E-state index in [0.29, 0.717) is 12.3 Å². The van der Waals surface area contributed by atoms with Gasteiger partial charge in [-0.15, -0.1) is 0 Å². The lowest BCUT2D eigenvalue weighted by Crippen LogP contribution is -2.32. The van der Waals surface area contributed by atoms with Crippen LogP contribution in [0.25, 0.3) is 0 Å².